The number of hydrogen-bond acceptors (Lipinski definition) is 2. The van der Waals surface area contributed by atoms with Crippen LogP contribution in [0.4, 0.5) is 0 Å². The van der Waals surface area contributed by atoms with Gasteiger partial charge in [0.1, 0.15) is 6.10 Å². The van der Waals surface area contributed by atoms with Crippen molar-refractivity contribution < 1.29 is 9.53 Å². The zero-order valence-electron chi connectivity index (χ0n) is 6.67. The molecule has 1 heterocycles. The second-order valence-corrected chi connectivity index (χ2v) is 4.34. The first-order chi connectivity index (χ1) is 5.23. The maximum absolute atomic E-state index is 11.4. The number of rotatable bonds is 0. The van der Waals surface area contributed by atoms with Gasteiger partial charge < -0.3 is 4.74 Å². The Labute approximate surface area is 65.9 Å². The molecule has 2 nitrogen and oxygen atoms in total. The van der Waals surface area contributed by atoms with Gasteiger partial charge >= 0.3 is 5.97 Å². The summed E-state index contributed by atoms with van der Waals surface area (Å²) in [4.78, 5) is 11.4. The van der Waals surface area contributed by atoms with Crippen molar-refractivity contribution in [2.75, 3.05) is 0 Å². The fraction of sp³-hybridized carbons (Fsp3) is 0.889. The number of fused-ring (bicyclic) bond motifs is 1. The Bertz CT molecular complexity index is 234. The van der Waals surface area contributed by atoms with Gasteiger partial charge in [-0.05, 0) is 32.1 Å². The molecular weight excluding hydrogens is 140 g/mol. The summed E-state index contributed by atoms with van der Waals surface area (Å²) in [5.41, 5.74) is -0.0527. The predicted octanol–water partition coefficient (Wildman–Crippen LogP) is 1.35. The average molecular weight is 152 g/mol. The van der Waals surface area contributed by atoms with Crippen molar-refractivity contribution in [3.8, 4) is 0 Å². The highest BCUT2D eigenvalue weighted by Crippen LogP contribution is 2.64. The van der Waals surface area contributed by atoms with Crippen molar-refractivity contribution in [1.82, 2.24) is 0 Å². The van der Waals surface area contributed by atoms with Gasteiger partial charge in [0.05, 0.1) is 5.41 Å². The smallest absolute Gasteiger partial charge is 0.312 e. The van der Waals surface area contributed by atoms with Crippen LogP contribution in [-0.2, 0) is 9.53 Å². The monoisotopic (exact) mass is 152 g/mol. The molecule has 0 aromatic heterocycles. The lowest BCUT2D eigenvalue weighted by Gasteiger charge is -2.51. The Kier molecular flexibility index (Phi) is 0.809. The molecule has 4 bridgehead atoms. The van der Waals surface area contributed by atoms with Crippen molar-refractivity contribution in [2.45, 2.75) is 32.3 Å². The fourth-order valence-corrected chi connectivity index (χ4v) is 3.18. The standard InChI is InChI=1S/C9H12O2/c1-9-5-2-3-7(6(9)4-5)11-8(9)10/h5-7H,2-4H2,1H3/t5-,6-,7+,9-/m1/s1. The van der Waals surface area contributed by atoms with Crippen molar-refractivity contribution in [2.24, 2.45) is 17.3 Å². The van der Waals surface area contributed by atoms with Crippen LogP contribution in [0.15, 0.2) is 0 Å². The molecule has 0 spiro atoms. The third kappa shape index (κ3) is 0.445. The molecule has 0 amide bonds. The molecular formula is C9H12O2. The summed E-state index contributed by atoms with van der Waals surface area (Å²) in [7, 11) is 0. The molecule has 0 unspecified atom stereocenters. The SMILES string of the molecule is C[C@@]12C(=O)O[C@H]3CC[C@@H]1C[C@H]32. The van der Waals surface area contributed by atoms with Crippen LogP contribution in [0.3, 0.4) is 0 Å². The summed E-state index contributed by atoms with van der Waals surface area (Å²) >= 11 is 0. The summed E-state index contributed by atoms with van der Waals surface area (Å²) in [6.45, 7) is 2.09. The van der Waals surface area contributed by atoms with Crippen LogP contribution < -0.4 is 0 Å². The van der Waals surface area contributed by atoms with E-state index in [4.69, 9.17) is 4.74 Å². The molecule has 0 N–H and O–H groups in total. The molecule has 0 aromatic carbocycles. The van der Waals surface area contributed by atoms with Crippen LogP contribution in [0.1, 0.15) is 26.2 Å². The lowest BCUT2D eigenvalue weighted by molar-refractivity contribution is -0.152. The second-order valence-electron chi connectivity index (χ2n) is 4.34. The minimum Gasteiger partial charge on any atom is -0.462 e. The van der Waals surface area contributed by atoms with Gasteiger partial charge in [-0.2, -0.15) is 0 Å². The van der Waals surface area contributed by atoms with Crippen molar-refractivity contribution in [3.63, 3.8) is 0 Å². The normalized spacial score (nSPS) is 58.6. The van der Waals surface area contributed by atoms with Gasteiger partial charge in [-0.1, -0.05) is 0 Å². The minimum atomic E-state index is -0.0527. The molecule has 3 saturated carbocycles. The minimum absolute atomic E-state index is 0.0527. The van der Waals surface area contributed by atoms with E-state index in [9.17, 15) is 4.79 Å². The highest BCUT2D eigenvalue weighted by atomic mass is 16.6. The summed E-state index contributed by atoms with van der Waals surface area (Å²) < 4.78 is 5.30. The summed E-state index contributed by atoms with van der Waals surface area (Å²) in [6.07, 6.45) is 3.87. The molecule has 4 rings (SSSR count). The van der Waals surface area contributed by atoms with Crippen LogP contribution in [-0.4, -0.2) is 12.1 Å². The number of carbonyl (C=O) groups is 1. The van der Waals surface area contributed by atoms with E-state index in [1.54, 1.807) is 0 Å². The van der Waals surface area contributed by atoms with Crippen molar-refractivity contribution >= 4 is 5.97 Å². The largest absolute Gasteiger partial charge is 0.462 e. The van der Waals surface area contributed by atoms with Gasteiger partial charge in [0.2, 0.25) is 0 Å². The first kappa shape index (κ1) is 6.04. The lowest BCUT2D eigenvalue weighted by Crippen LogP contribution is -2.53. The molecule has 4 atom stereocenters. The molecule has 1 aliphatic heterocycles. The predicted molar refractivity (Wildman–Crippen MR) is 38.8 cm³/mol. The van der Waals surface area contributed by atoms with E-state index in [1.165, 1.54) is 12.8 Å². The van der Waals surface area contributed by atoms with E-state index in [0.29, 0.717) is 11.8 Å². The Balaban J connectivity index is 2.09. The van der Waals surface area contributed by atoms with Crippen LogP contribution in [0.5, 0.6) is 0 Å². The van der Waals surface area contributed by atoms with E-state index in [1.807, 2.05) is 0 Å². The molecule has 1 saturated heterocycles. The van der Waals surface area contributed by atoms with Crippen LogP contribution in [0.25, 0.3) is 0 Å². The zero-order valence-corrected chi connectivity index (χ0v) is 6.67. The van der Waals surface area contributed by atoms with E-state index in [0.717, 1.165) is 6.42 Å². The first-order valence-corrected chi connectivity index (χ1v) is 4.44. The molecule has 60 valence electrons. The molecule has 4 fully saturated rings. The molecule has 0 aromatic rings. The van der Waals surface area contributed by atoms with E-state index >= 15 is 0 Å². The molecule has 11 heavy (non-hydrogen) atoms. The summed E-state index contributed by atoms with van der Waals surface area (Å²) in [6, 6.07) is 0. The van der Waals surface area contributed by atoms with Gasteiger partial charge in [-0.3, -0.25) is 4.79 Å². The van der Waals surface area contributed by atoms with E-state index in [2.05, 4.69) is 6.92 Å². The second kappa shape index (κ2) is 1.47. The first-order valence-electron chi connectivity index (χ1n) is 4.44. The fourth-order valence-electron chi connectivity index (χ4n) is 3.18. The summed E-state index contributed by atoms with van der Waals surface area (Å²) in [5, 5.41) is 0. The van der Waals surface area contributed by atoms with Gasteiger partial charge in [0.25, 0.3) is 0 Å². The highest BCUT2D eigenvalue weighted by molar-refractivity contribution is 5.81. The topological polar surface area (TPSA) is 26.3 Å². The third-order valence-electron chi connectivity index (χ3n) is 4.10. The Hall–Kier alpha value is -0.530. The van der Waals surface area contributed by atoms with Gasteiger partial charge in [0, 0.05) is 5.92 Å². The number of carbonyl (C=O) groups excluding carboxylic acids is 1. The van der Waals surface area contributed by atoms with E-state index in [-0.39, 0.29) is 17.5 Å². The van der Waals surface area contributed by atoms with Gasteiger partial charge in [-0.25, -0.2) is 0 Å². The molecule has 4 aliphatic rings. The lowest BCUT2D eigenvalue weighted by atomic mass is 9.48. The van der Waals surface area contributed by atoms with E-state index < -0.39 is 0 Å². The van der Waals surface area contributed by atoms with Crippen LogP contribution in [0, 0.1) is 17.3 Å². The molecule has 0 radical (unpaired) electrons. The maximum Gasteiger partial charge on any atom is 0.312 e. The van der Waals surface area contributed by atoms with Crippen molar-refractivity contribution in [3.05, 3.63) is 0 Å². The molecule has 3 aliphatic carbocycles. The third-order valence-corrected chi connectivity index (χ3v) is 4.10. The highest BCUT2D eigenvalue weighted by Gasteiger charge is 2.67. The van der Waals surface area contributed by atoms with Gasteiger partial charge in [-0.15, -0.1) is 0 Å². The maximum atomic E-state index is 11.4. The summed E-state index contributed by atoms with van der Waals surface area (Å²) in [5.74, 6) is 1.31. The number of hydrogen-bond donors (Lipinski definition) is 0. The Morgan fingerprint density at radius 2 is 2.36 bits per heavy atom. The van der Waals surface area contributed by atoms with Crippen molar-refractivity contribution in [1.29, 1.82) is 0 Å². The van der Waals surface area contributed by atoms with Crippen LogP contribution in [0.2, 0.25) is 0 Å². The average Bonchev–Trinajstić information content (AvgIpc) is 2.12. The van der Waals surface area contributed by atoms with Gasteiger partial charge in [0.15, 0.2) is 0 Å². The zero-order chi connectivity index (χ0) is 7.64. The Morgan fingerprint density at radius 3 is 2.91 bits per heavy atom. The Morgan fingerprint density at radius 1 is 1.55 bits per heavy atom. The number of esters is 1. The quantitative estimate of drug-likeness (QED) is 0.490. The number of ether oxygens (including phenoxy) is 1. The molecule has 2 heteroatoms. The van der Waals surface area contributed by atoms with Crippen LogP contribution >= 0.6 is 0 Å².